The lowest BCUT2D eigenvalue weighted by Crippen LogP contribution is -2.45. The molecule has 19 heavy (non-hydrogen) atoms. The number of hydrogen-bond acceptors (Lipinski definition) is 3. The number of aliphatic hydroxyl groups excluding tert-OH is 1. The van der Waals surface area contributed by atoms with E-state index in [1.807, 2.05) is 26.0 Å². The molecule has 0 aliphatic rings. The Morgan fingerprint density at radius 1 is 1.16 bits per heavy atom. The van der Waals surface area contributed by atoms with Gasteiger partial charge in [-0.15, -0.1) is 0 Å². The van der Waals surface area contributed by atoms with E-state index in [2.05, 4.69) is 10.6 Å². The Kier molecular flexibility index (Phi) is 6.15. The van der Waals surface area contributed by atoms with E-state index in [-0.39, 0.29) is 30.5 Å². The lowest BCUT2D eigenvalue weighted by atomic mass is 10.1. The van der Waals surface area contributed by atoms with Crippen LogP contribution in [-0.4, -0.2) is 34.9 Å². The fourth-order valence-electron chi connectivity index (χ4n) is 1.79. The summed E-state index contributed by atoms with van der Waals surface area (Å²) in [5.74, 6) is 0.236. The fourth-order valence-corrected chi connectivity index (χ4v) is 1.79. The van der Waals surface area contributed by atoms with Crippen LogP contribution in [-0.2, 0) is 6.42 Å². The second-order valence-electron chi connectivity index (χ2n) is 4.80. The van der Waals surface area contributed by atoms with E-state index in [0.717, 1.165) is 5.56 Å². The van der Waals surface area contributed by atoms with Crippen molar-refractivity contribution in [3.05, 3.63) is 29.8 Å². The molecule has 0 fully saturated rings. The van der Waals surface area contributed by atoms with Crippen molar-refractivity contribution in [2.45, 2.75) is 38.8 Å². The second kappa shape index (κ2) is 7.63. The Morgan fingerprint density at radius 3 is 2.32 bits per heavy atom. The lowest BCUT2D eigenvalue weighted by molar-refractivity contribution is 0.228. The van der Waals surface area contributed by atoms with Gasteiger partial charge < -0.3 is 20.8 Å². The smallest absolute Gasteiger partial charge is 0.315 e. The molecule has 1 unspecified atom stereocenters. The second-order valence-corrected chi connectivity index (χ2v) is 4.80. The van der Waals surface area contributed by atoms with Crippen molar-refractivity contribution >= 4 is 6.03 Å². The highest BCUT2D eigenvalue weighted by Gasteiger charge is 2.10. The number of aromatic hydroxyl groups is 1. The van der Waals surface area contributed by atoms with Crippen LogP contribution in [0.4, 0.5) is 4.79 Å². The quantitative estimate of drug-likeness (QED) is 0.628. The molecule has 1 aromatic carbocycles. The van der Waals surface area contributed by atoms with Crippen molar-refractivity contribution in [3.8, 4) is 5.75 Å². The largest absolute Gasteiger partial charge is 0.508 e. The zero-order chi connectivity index (χ0) is 14.3. The van der Waals surface area contributed by atoms with E-state index >= 15 is 0 Å². The van der Waals surface area contributed by atoms with Crippen molar-refractivity contribution in [3.63, 3.8) is 0 Å². The van der Waals surface area contributed by atoms with E-state index in [0.29, 0.717) is 12.8 Å². The maximum atomic E-state index is 11.6. The Balaban J connectivity index is 2.36. The van der Waals surface area contributed by atoms with Gasteiger partial charge in [0, 0.05) is 18.7 Å². The average Bonchev–Trinajstić information content (AvgIpc) is 2.32. The van der Waals surface area contributed by atoms with Crippen LogP contribution in [0.5, 0.6) is 5.75 Å². The first kappa shape index (κ1) is 15.3. The molecule has 2 amide bonds. The van der Waals surface area contributed by atoms with Crippen LogP contribution < -0.4 is 10.6 Å². The van der Waals surface area contributed by atoms with Crippen LogP contribution in [0.25, 0.3) is 0 Å². The summed E-state index contributed by atoms with van der Waals surface area (Å²) < 4.78 is 0. The summed E-state index contributed by atoms with van der Waals surface area (Å²) in [6.45, 7) is 3.83. The highest BCUT2D eigenvalue weighted by atomic mass is 16.3. The first-order chi connectivity index (χ1) is 9.01. The standard InChI is InChI=1S/C14H22N2O3/c1-10(7-8-17)15-14(19)16-11(2)9-12-3-5-13(18)6-4-12/h3-6,10-11,17-18H,7-9H2,1-2H3,(H2,15,16,19)/t10-,11?/m1/s1. The number of nitrogens with one attached hydrogen (secondary N) is 2. The molecule has 0 aliphatic carbocycles. The fraction of sp³-hybridized carbons (Fsp3) is 0.500. The number of phenolic OH excluding ortho intramolecular Hbond substituents is 1. The molecule has 1 aromatic rings. The van der Waals surface area contributed by atoms with Crippen LogP contribution in [0.1, 0.15) is 25.8 Å². The predicted molar refractivity (Wildman–Crippen MR) is 74.1 cm³/mol. The summed E-state index contributed by atoms with van der Waals surface area (Å²) in [6.07, 6.45) is 1.24. The van der Waals surface area contributed by atoms with Crippen LogP contribution in [0.2, 0.25) is 0 Å². The molecule has 0 saturated carbocycles. The third kappa shape index (κ3) is 6.10. The van der Waals surface area contributed by atoms with Gasteiger partial charge in [-0.25, -0.2) is 4.79 Å². The molecule has 0 bridgehead atoms. The molecule has 0 aliphatic heterocycles. The van der Waals surface area contributed by atoms with Crippen LogP contribution in [0.15, 0.2) is 24.3 Å². The van der Waals surface area contributed by atoms with Crippen molar-refractivity contribution in [1.82, 2.24) is 10.6 Å². The molecule has 5 heteroatoms. The predicted octanol–water partition coefficient (Wildman–Crippen LogP) is 1.39. The monoisotopic (exact) mass is 266 g/mol. The molecular formula is C14H22N2O3. The highest BCUT2D eigenvalue weighted by Crippen LogP contribution is 2.11. The molecule has 0 spiro atoms. The van der Waals surface area contributed by atoms with Gasteiger partial charge in [0.15, 0.2) is 0 Å². The summed E-state index contributed by atoms with van der Waals surface area (Å²) in [4.78, 5) is 11.6. The summed E-state index contributed by atoms with van der Waals surface area (Å²) in [6, 6.07) is 6.64. The molecule has 5 nitrogen and oxygen atoms in total. The summed E-state index contributed by atoms with van der Waals surface area (Å²) in [5.41, 5.74) is 1.05. The number of urea groups is 1. The van der Waals surface area contributed by atoms with Crippen LogP contribution in [0, 0.1) is 0 Å². The van der Waals surface area contributed by atoms with Crippen LogP contribution >= 0.6 is 0 Å². The Hall–Kier alpha value is -1.75. The van der Waals surface area contributed by atoms with Gasteiger partial charge in [-0.05, 0) is 44.4 Å². The molecular weight excluding hydrogens is 244 g/mol. The van der Waals surface area contributed by atoms with Crippen molar-refractivity contribution in [1.29, 1.82) is 0 Å². The zero-order valence-electron chi connectivity index (χ0n) is 11.4. The molecule has 0 radical (unpaired) electrons. The molecule has 1 rings (SSSR count). The zero-order valence-corrected chi connectivity index (χ0v) is 11.4. The minimum absolute atomic E-state index is 0.00845. The molecule has 0 heterocycles. The number of hydrogen-bond donors (Lipinski definition) is 4. The van der Waals surface area contributed by atoms with Gasteiger partial charge >= 0.3 is 6.03 Å². The van der Waals surface area contributed by atoms with Gasteiger partial charge in [0.1, 0.15) is 5.75 Å². The molecule has 4 N–H and O–H groups in total. The normalized spacial score (nSPS) is 13.6. The topological polar surface area (TPSA) is 81.6 Å². The third-order valence-corrected chi connectivity index (χ3v) is 2.80. The molecule has 0 saturated heterocycles. The Morgan fingerprint density at radius 2 is 1.74 bits per heavy atom. The number of aliphatic hydroxyl groups is 1. The van der Waals surface area contributed by atoms with E-state index in [9.17, 15) is 9.90 Å². The summed E-state index contributed by atoms with van der Waals surface area (Å²) in [5, 5.41) is 23.5. The van der Waals surface area contributed by atoms with Gasteiger partial charge in [-0.1, -0.05) is 12.1 Å². The third-order valence-electron chi connectivity index (χ3n) is 2.80. The number of carbonyl (C=O) groups excluding carboxylic acids is 1. The van der Waals surface area contributed by atoms with Crippen molar-refractivity contribution < 1.29 is 15.0 Å². The molecule has 106 valence electrons. The minimum Gasteiger partial charge on any atom is -0.508 e. The number of carbonyl (C=O) groups is 1. The number of benzene rings is 1. The Bertz CT molecular complexity index is 392. The van der Waals surface area contributed by atoms with Crippen molar-refractivity contribution in [2.24, 2.45) is 0 Å². The molecule has 0 aromatic heterocycles. The summed E-state index contributed by atoms with van der Waals surface area (Å²) >= 11 is 0. The van der Waals surface area contributed by atoms with E-state index in [1.165, 1.54) is 0 Å². The number of amides is 2. The van der Waals surface area contributed by atoms with Crippen molar-refractivity contribution in [2.75, 3.05) is 6.61 Å². The highest BCUT2D eigenvalue weighted by molar-refractivity contribution is 5.74. The first-order valence-corrected chi connectivity index (χ1v) is 6.47. The number of rotatable bonds is 6. The van der Waals surface area contributed by atoms with Gasteiger partial charge in [-0.3, -0.25) is 0 Å². The molecule has 2 atom stereocenters. The number of phenols is 1. The van der Waals surface area contributed by atoms with Gasteiger partial charge in [0.05, 0.1) is 0 Å². The maximum absolute atomic E-state index is 11.6. The van der Waals surface area contributed by atoms with E-state index in [4.69, 9.17) is 5.11 Å². The van der Waals surface area contributed by atoms with Crippen LogP contribution in [0.3, 0.4) is 0 Å². The SMILES string of the molecule is CC(Cc1ccc(O)cc1)NC(=O)N[C@H](C)CCO. The van der Waals surface area contributed by atoms with Gasteiger partial charge in [0.25, 0.3) is 0 Å². The van der Waals surface area contributed by atoms with E-state index < -0.39 is 0 Å². The minimum atomic E-state index is -0.229. The average molecular weight is 266 g/mol. The Labute approximate surface area is 113 Å². The van der Waals surface area contributed by atoms with E-state index in [1.54, 1.807) is 12.1 Å². The maximum Gasteiger partial charge on any atom is 0.315 e. The lowest BCUT2D eigenvalue weighted by Gasteiger charge is -2.17. The van der Waals surface area contributed by atoms with Gasteiger partial charge in [0.2, 0.25) is 0 Å². The summed E-state index contributed by atoms with van der Waals surface area (Å²) in [7, 11) is 0. The van der Waals surface area contributed by atoms with Gasteiger partial charge in [-0.2, -0.15) is 0 Å². The first-order valence-electron chi connectivity index (χ1n) is 6.47.